The van der Waals surface area contributed by atoms with Crippen LogP contribution in [0.2, 0.25) is 5.02 Å². The summed E-state index contributed by atoms with van der Waals surface area (Å²) in [6.45, 7) is 2.54. The number of hydrogen-bond acceptors (Lipinski definition) is 6. The number of amides is 2. The van der Waals surface area contributed by atoms with Gasteiger partial charge in [-0.1, -0.05) is 41.0 Å². The fourth-order valence-electron chi connectivity index (χ4n) is 3.45. The Kier molecular flexibility index (Phi) is 8.64. The fourth-order valence-corrected chi connectivity index (χ4v) is 3.68. The van der Waals surface area contributed by atoms with E-state index in [-0.39, 0.29) is 29.5 Å². The molecule has 2 unspecified atom stereocenters. The van der Waals surface area contributed by atoms with Gasteiger partial charge in [0, 0.05) is 23.7 Å². The van der Waals surface area contributed by atoms with E-state index >= 15 is 0 Å². The highest BCUT2D eigenvalue weighted by Crippen LogP contribution is 2.31. The van der Waals surface area contributed by atoms with Crippen molar-refractivity contribution in [1.82, 2.24) is 10.2 Å². The monoisotopic (exact) mass is 528 g/mol. The van der Waals surface area contributed by atoms with Gasteiger partial charge in [0.15, 0.2) is 11.9 Å². The molecule has 2 aromatic rings. The number of benzene rings is 2. The molecule has 2 amide bonds. The van der Waals surface area contributed by atoms with E-state index in [9.17, 15) is 27.9 Å². The van der Waals surface area contributed by atoms with E-state index in [0.29, 0.717) is 18.6 Å². The van der Waals surface area contributed by atoms with Crippen molar-refractivity contribution in [2.45, 2.75) is 38.4 Å². The molecule has 1 heterocycles. The van der Waals surface area contributed by atoms with Gasteiger partial charge in [-0.25, -0.2) is 0 Å². The largest absolute Gasteiger partial charge is 0.573 e. The van der Waals surface area contributed by atoms with Gasteiger partial charge in [-0.05, 0) is 42.7 Å². The Labute approximate surface area is 209 Å². The van der Waals surface area contributed by atoms with Gasteiger partial charge in [-0.3, -0.25) is 9.59 Å². The minimum Gasteiger partial charge on any atom is -0.406 e. The Morgan fingerprint density at radius 3 is 2.56 bits per heavy atom. The number of amidine groups is 1. The first-order chi connectivity index (χ1) is 17.0. The first-order valence-electron chi connectivity index (χ1n) is 10.9. The van der Waals surface area contributed by atoms with E-state index in [1.165, 1.54) is 0 Å². The second-order valence-electron chi connectivity index (χ2n) is 7.82. The minimum absolute atomic E-state index is 0.159. The van der Waals surface area contributed by atoms with Crippen LogP contribution >= 0.6 is 11.6 Å². The van der Waals surface area contributed by atoms with Crippen molar-refractivity contribution in [3.8, 4) is 5.75 Å². The van der Waals surface area contributed by atoms with Crippen LogP contribution in [0.4, 0.5) is 13.2 Å². The molecular formula is C23H24ClF3N4O5. The first-order valence-corrected chi connectivity index (χ1v) is 11.2. The predicted molar refractivity (Wildman–Crippen MR) is 124 cm³/mol. The van der Waals surface area contributed by atoms with Gasteiger partial charge in [0.1, 0.15) is 18.4 Å². The van der Waals surface area contributed by atoms with Crippen LogP contribution in [-0.4, -0.2) is 53.2 Å². The van der Waals surface area contributed by atoms with E-state index in [4.69, 9.17) is 22.2 Å². The number of ether oxygens (including phenoxy) is 1. The number of oxime groups is 1. The number of likely N-dealkylation sites (tertiary alicyclic amines) is 1. The molecule has 13 heteroatoms. The summed E-state index contributed by atoms with van der Waals surface area (Å²) in [4.78, 5) is 31.4. The van der Waals surface area contributed by atoms with Gasteiger partial charge >= 0.3 is 6.36 Å². The molecule has 0 bridgehead atoms. The van der Waals surface area contributed by atoms with Crippen LogP contribution in [0.3, 0.4) is 0 Å². The van der Waals surface area contributed by atoms with Crippen LogP contribution in [0, 0.1) is 0 Å². The molecule has 0 spiro atoms. The second-order valence-corrected chi connectivity index (χ2v) is 8.25. The van der Waals surface area contributed by atoms with Crippen molar-refractivity contribution in [1.29, 1.82) is 0 Å². The summed E-state index contributed by atoms with van der Waals surface area (Å²) in [7, 11) is 0. The highest BCUT2D eigenvalue weighted by atomic mass is 35.5. The summed E-state index contributed by atoms with van der Waals surface area (Å²) in [5.41, 5.74) is 7.03. The molecular weight excluding hydrogens is 505 g/mol. The topological polar surface area (TPSA) is 126 Å². The van der Waals surface area contributed by atoms with Crippen molar-refractivity contribution >= 4 is 29.3 Å². The number of aliphatic hydroxyl groups is 1. The zero-order chi connectivity index (χ0) is 26.5. The molecule has 0 aliphatic carbocycles. The van der Waals surface area contributed by atoms with Gasteiger partial charge in [0.05, 0.1) is 0 Å². The number of hydrogen-bond donors (Lipinski definition) is 3. The minimum atomic E-state index is -4.97. The average molecular weight is 529 g/mol. The maximum Gasteiger partial charge on any atom is 0.573 e. The Hall–Kier alpha value is -3.51. The molecule has 1 saturated heterocycles. The van der Waals surface area contributed by atoms with Gasteiger partial charge in [-0.15, -0.1) is 13.2 Å². The van der Waals surface area contributed by atoms with Crippen LogP contribution in [0.5, 0.6) is 5.75 Å². The molecule has 1 fully saturated rings. The van der Waals surface area contributed by atoms with Crippen LogP contribution in [0.1, 0.15) is 36.1 Å². The van der Waals surface area contributed by atoms with Crippen LogP contribution in [0.15, 0.2) is 47.6 Å². The Morgan fingerprint density at radius 2 is 1.97 bits per heavy atom. The van der Waals surface area contributed by atoms with Crippen LogP contribution < -0.4 is 15.8 Å². The molecule has 194 valence electrons. The standard InChI is InChI=1S/C23H24ClF3N4O5/c1-2-35-30-20(28)14-5-3-13(4-6-14)12-29-21(33)18-7-8-31(18)22(34)19(32)15-9-16(24)11-17(10-15)36-23(25,26)27/h3-6,9-11,18-19,32H,2,7-8,12H2,1H3,(H2,28,30)(H,29,33). The summed E-state index contributed by atoms with van der Waals surface area (Å²) >= 11 is 5.82. The molecule has 2 aromatic carbocycles. The zero-order valence-electron chi connectivity index (χ0n) is 19.1. The van der Waals surface area contributed by atoms with E-state index < -0.39 is 36.1 Å². The highest BCUT2D eigenvalue weighted by Gasteiger charge is 2.40. The van der Waals surface area contributed by atoms with E-state index in [1.54, 1.807) is 31.2 Å². The van der Waals surface area contributed by atoms with Crippen molar-refractivity contribution in [3.05, 3.63) is 64.2 Å². The quantitative estimate of drug-likeness (QED) is 0.261. The van der Waals surface area contributed by atoms with E-state index in [1.807, 2.05) is 0 Å². The maximum absolute atomic E-state index is 12.8. The Bertz CT molecular complexity index is 1130. The molecule has 36 heavy (non-hydrogen) atoms. The molecule has 2 atom stereocenters. The van der Waals surface area contributed by atoms with E-state index in [0.717, 1.165) is 28.7 Å². The Morgan fingerprint density at radius 1 is 1.28 bits per heavy atom. The predicted octanol–water partition coefficient (Wildman–Crippen LogP) is 2.85. The number of halogens is 4. The maximum atomic E-state index is 12.8. The summed E-state index contributed by atoms with van der Waals surface area (Å²) < 4.78 is 41.4. The molecule has 9 nitrogen and oxygen atoms in total. The fraction of sp³-hybridized carbons (Fsp3) is 0.348. The number of carbonyl (C=O) groups excluding carboxylic acids is 2. The summed E-state index contributed by atoms with van der Waals surface area (Å²) in [6.07, 6.45) is -6.43. The zero-order valence-corrected chi connectivity index (χ0v) is 19.8. The molecule has 1 aliphatic heterocycles. The number of aliphatic hydroxyl groups excluding tert-OH is 1. The number of rotatable bonds is 9. The number of carbonyl (C=O) groups is 2. The Balaban J connectivity index is 1.59. The third-order valence-electron chi connectivity index (χ3n) is 5.29. The highest BCUT2D eigenvalue weighted by molar-refractivity contribution is 6.30. The van der Waals surface area contributed by atoms with Gasteiger partial charge in [-0.2, -0.15) is 0 Å². The molecule has 4 N–H and O–H groups in total. The third-order valence-corrected chi connectivity index (χ3v) is 5.51. The van der Waals surface area contributed by atoms with Gasteiger partial charge < -0.3 is 30.6 Å². The molecule has 0 radical (unpaired) electrons. The lowest BCUT2D eigenvalue weighted by Gasteiger charge is -2.40. The molecule has 0 aromatic heterocycles. The summed E-state index contributed by atoms with van der Waals surface area (Å²) in [6, 6.07) is 9.03. The molecule has 0 saturated carbocycles. The van der Waals surface area contributed by atoms with Crippen LogP contribution in [0.25, 0.3) is 0 Å². The van der Waals surface area contributed by atoms with Crippen molar-refractivity contribution < 1.29 is 37.4 Å². The molecule has 1 aliphatic rings. The van der Waals surface area contributed by atoms with Crippen molar-refractivity contribution in [3.63, 3.8) is 0 Å². The van der Waals surface area contributed by atoms with Gasteiger partial charge in [0.25, 0.3) is 5.91 Å². The van der Waals surface area contributed by atoms with Crippen molar-refractivity contribution in [2.24, 2.45) is 10.9 Å². The number of nitrogens with two attached hydrogens (primary N) is 1. The summed E-state index contributed by atoms with van der Waals surface area (Å²) in [5, 5.41) is 16.8. The SMILES string of the molecule is CCO/N=C(/N)c1ccc(CNC(=O)C2CCN2C(=O)C(O)c2cc(Cl)cc(OC(F)(F)F)c2)cc1. The summed E-state index contributed by atoms with van der Waals surface area (Å²) in [5.74, 6) is -1.73. The average Bonchev–Trinajstić information content (AvgIpc) is 2.78. The third kappa shape index (κ3) is 7.01. The first kappa shape index (κ1) is 27.1. The number of alkyl halides is 3. The lowest BCUT2D eigenvalue weighted by Crippen LogP contribution is -2.59. The lowest BCUT2D eigenvalue weighted by molar-refractivity contribution is -0.274. The van der Waals surface area contributed by atoms with Gasteiger partial charge in [0.2, 0.25) is 5.91 Å². The second kappa shape index (κ2) is 11.5. The van der Waals surface area contributed by atoms with E-state index in [2.05, 4.69) is 15.2 Å². The smallest absolute Gasteiger partial charge is 0.406 e. The van der Waals surface area contributed by atoms with Crippen molar-refractivity contribution in [2.75, 3.05) is 13.2 Å². The number of nitrogens with zero attached hydrogens (tertiary/aromatic N) is 2. The lowest BCUT2D eigenvalue weighted by atomic mass is 9.98. The number of nitrogens with one attached hydrogen (secondary N) is 1. The normalized spacial score (nSPS) is 16.7. The molecule has 3 rings (SSSR count). The van der Waals surface area contributed by atoms with Crippen LogP contribution in [-0.2, 0) is 21.0 Å².